The van der Waals surface area contributed by atoms with Crippen molar-refractivity contribution in [2.45, 2.75) is 91.5 Å². The number of amides is 2. The van der Waals surface area contributed by atoms with Crippen molar-refractivity contribution < 1.29 is 4.79 Å². The summed E-state index contributed by atoms with van der Waals surface area (Å²) in [6.45, 7) is 13.5. The van der Waals surface area contributed by atoms with Gasteiger partial charge in [-0.1, -0.05) is 54.2 Å². The lowest BCUT2D eigenvalue weighted by Crippen LogP contribution is -2.53. The smallest absolute Gasteiger partial charge is 0.317 e. The molecule has 1 aliphatic carbocycles. The second-order valence-corrected chi connectivity index (χ2v) is 9.53. The van der Waals surface area contributed by atoms with Gasteiger partial charge < -0.3 is 10.2 Å². The van der Waals surface area contributed by atoms with Crippen LogP contribution >= 0.6 is 0 Å². The van der Waals surface area contributed by atoms with Gasteiger partial charge >= 0.3 is 6.03 Å². The van der Waals surface area contributed by atoms with Crippen LogP contribution in [-0.2, 0) is 0 Å². The Labute approximate surface area is 185 Å². The number of nitrogens with one attached hydrogen (secondary N) is 1. The Kier molecular flexibility index (Phi) is 11.3. The number of carbonyl (C=O) groups is 1. The zero-order valence-electron chi connectivity index (χ0n) is 20.0. The minimum absolute atomic E-state index is 0.153. The molecule has 30 heavy (non-hydrogen) atoms. The first-order valence-corrected chi connectivity index (χ1v) is 12.2. The van der Waals surface area contributed by atoms with Crippen LogP contribution in [0.5, 0.6) is 0 Å². The van der Waals surface area contributed by atoms with Crippen molar-refractivity contribution in [1.82, 2.24) is 15.1 Å². The molecular formula is C26H45N3O. The zero-order valence-corrected chi connectivity index (χ0v) is 20.0. The first-order chi connectivity index (χ1) is 14.4. The highest BCUT2D eigenvalue weighted by molar-refractivity contribution is 5.74. The van der Waals surface area contributed by atoms with Crippen LogP contribution in [0.4, 0.5) is 4.79 Å². The van der Waals surface area contributed by atoms with Crippen molar-refractivity contribution in [2.24, 2.45) is 0 Å². The van der Waals surface area contributed by atoms with E-state index in [0.717, 1.165) is 64.8 Å². The number of rotatable bonds is 9. The van der Waals surface area contributed by atoms with Crippen LogP contribution in [0.25, 0.3) is 0 Å². The van der Waals surface area contributed by atoms with Gasteiger partial charge in [0.15, 0.2) is 0 Å². The molecule has 2 fully saturated rings. The molecule has 0 aromatic rings. The lowest BCUT2D eigenvalue weighted by Gasteiger charge is -2.35. The van der Waals surface area contributed by atoms with Gasteiger partial charge in [0.05, 0.1) is 0 Å². The van der Waals surface area contributed by atoms with Crippen molar-refractivity contribution in [1.29, 1.82) is 0 Å². The fourth-order valence-corrected chi connectivity index (χ4v) is 4.27. The normalized spacial score (nSPS) is 19.7. The number of carbonyl (C=O) groups excluding carboxylic acids is 1. The van der Waals surface area contributed by atoms with E-state index in [-0.39, 0.29) is 6.03 Å². The molecule has 2 aliphatic rings. The zero-order chi connectivity index (χ0) is 21.8. The minimum Gasteiger partial charge on any atom is -0.335 e. The van der Waals surface area contributed by atoms with Crippen molar-refractivity contribution in [3.05, 3.63) is 34.9 Å². The average molecular weight is 416 g/mol. The molecule has 1 aliphatic heterocycles. The van der Waals surface area contributed by atoms with Crippen LogP contribution in [0.2, 0.25) is 0 Å². The molecule has 0 unspecified atom stereocenters. The molecule has 0 spiro atoms. The second kappa shape index (κ2) is 13.7. The van der Waals surface area contributed by atoms with Gasteiger partial charge in [0.25, 0.3) is 0 Å². The van der Waals surface area contributed by atoms with Gasteiger partial charge in [-0.2, -0.15) is 0 Å². The van der Waals surface area contributed by atoms with Gasteiger partial charge in [0.2, 0.25) is 0 Å². The number of piperazine rings is 1. The molecule has 0 aromatic carbocycles. The third kappa shape index (κ3) is 9.97. The molecule has 4 nitrogen and oxygen atoms in total. The number of nitrogens with zero attached hydrogens (tertiary/aromatic N) is 2. The van der Waals surface area contributed by atoms with Crippen LogP contribution in [0.1, 0.15) is 85.5 Å². The summed E-state index contributed by atoms with van der Waals surface area (Å²) in [5.41, 5.74) is 4.39. The van der Waals surface area contributed by atoms with Crippen molar-refractivity contribution >= 4 is 6.03 Å². The Morgan fingerprint density at radius 3 is 2.07 bits per heavy atom. The lowest BCUT2D eigenvalue weighted by atomic mass is 9.96. The first kappa shape index (κ1) is 24.7. The van der Waals surface area contributed by atoms with Crippen molar-refractivity contribution in [3.63, 3.8) is 0 Å². The maximum absolute atomic E-state index is 12.5. The second-order valence-electron chi connectivity index (χ2n) is 9.53. The number of urea groups is 1. The maximum atomic E-state index is 12.5. The summed E-state index contributed by atoms with van der Waals surface area (Å²) in [6, 6.07) is 0.555. The van der Waals surface area contributed by atoms with Crippen LogP contribution in [-0.4, -0.2) is 54.6 Å². The number of allylic oxidation sites excluding steroid dienone is 5. The van der Waals surface area contributed by atoms with Gasteiger partial charge in [-0.25, -0.2) is 4.79 Å². The van der Waals surface area contributed by atoms with E-state index < -0.39 is 0 Å². The van der Waals surface area contributed by atoms with E-state index >= 15 is 0 Å². The van der Waals surface area contributed by atoms with E-state index in [1.165, 1.54) is 42.4 Å². The van der Waals surface area contributed by atoms with Crippen LogP contribution < -0.4 is 5.32 Å². The maximum Gasteiger partial charge on any atom is 0.317 e. The third-order valence-electron chi connectivity index (χ3n) is 6.41. The number of hydrogen-bond donors (Lipinski definition) is 1. The highest BCUT2D eigenvalue weighted by Crippen LogP contribution is 2.18. The van der Waals surface area contributed by atoms with Crippen molar-refractivity contribution in [3.8, 4) is 0 Å². The van der Waals surface area contributed by atoms with Crippen LogP contribution in [0.15, 0.2) is 34.9 Å². The minimum atomic E-state index is 0.153. The molecule has 2 amide bonds. The summed E-state index contributed by atoms with van der Waals surface area (Å²) < 4.78 is 0. The molecule has 1 heterocycles. The van der Waals surface area contributed by atoms with E-state index in [1.807, 2.05) is 4.90 Å². The molecule has 0 bridgehead atoms. The monoisotopic (exact) mass is 415 g/mol. The molecule has 1 N–H and O–H groups in total. The van der Waals surface area contributed by atoms with Gasteiger partial charge in [-0.15, -0.1) is 0 Å². The highest BCUT2D eigenvalue weighted by atomic mass is 16.2. The standard InChI is InChI=1S/C26H45N3O/c1-22(2)10-8-11-23(3)12-9-13-24(4)16-17-28-18-20-29(21-19-28)26(30)27-25-14-6-5-7-15-25/h10,12,16,25H,5-9,11,13-15,17-21H2,1-4H3,(H,27,30)/b23-12+,24-16+. The Balaban J connectivity index is 1.61. The summed E-state index contributed by atoms with van der Waals surface area (Å²) in [7, 11) is 0. The fraction of sp³-hybridized carbons (Fsp3) is 0.731. The SMILES string of the molecule is CC(C)=CCC/C(C)=C/CC/C(C)=C/CN1CCN(C(=O)NC2CCCCC2)CC1. The molecule has 0 aromatic heterocycles. The molecule has 0 radical (unpaired) electrons. The van der Waals surface area contributed by atoms with E-state index in [9.17, 15) is 4.79 Å². The van der Waals surface area contributed by atoms with E-state index in [1.54, 1.807) is 0 Å². The van der Waals surface area contributed by atoms with Crippen molar-refractivity contribution in [2.75, 3.05) is 32.7 Å². The molecule has 2 rings (SSSR count). The topological polar surface area (TPSA) is 35.6 Å². The summed E-state index contributed by atoms with van der Waals surface area (Å²) in [5, 5.41) is 3.25. The van der Waals surface area contributed by atoms with E-state index in [2.05, 4.69) is 56.1 Å². The Morgan fingerprint density at radius 1 is 0.833 bits per heavy atom. The first-order valence-electron chi connectivity index (χ1n) is 12.2. The molecule has 170 valence electrons. The molecule has 4 heteroatoms. The van der Waals surface area contributed by atoms with Gasteiger partial charge in [-0.05, 0) is 66.2 Å². The quantitative estimate of drug-likeness (QED) is 0.464. The number of hydrogen-bond acceptors (Lipinski definition) is 2. The van der Waals surface area contributed by atoms with E-state index in [0.29, 0.717) is 6.04 Å². The average Bonchev–Trinajstić information content (AvgIpc) is 2.73. The Morgan fingerprint density at radius 2 is 1.43 bits per heavy atom. The summed E-state index contributed by atoms with van der Waals surface area (Å²) >= 11 is 0. The Hall–Kier alpha value is -1.55. The van der Waals surface area contributed by atoms with Gasteiger partial charge in [0, 0.05) is 38.8 Å². The van der Waals surface area contributed by atoms with Crippen LogP contribution in [0.3, 0.4) is 0 Å². The van der Waals surface area contributed by atoms with Gasteiger partial charge in [0.1, 0.15) is 0 Å². The molecular weight excluding hydrogens is 370 g/mol. The fourth-order valence-electron chi connectivity index (χ4n) is 4.27. The predicted molar refractivity (Wildman–Crippen MR) is 129 cm³/mol. The predicted octanol–water partition coefficient (Wildman–Crippen LogP) is 6.07. The highest BCUT2D eigenvalue weighted by Gasteiger charge is 2.23. The molecule has 1 saturated heterocycles. The van der Waals surface area contributed by atoms with Crippen LogP contribution in [0, 0.1) is 0 Å². The lowest BCUT2D eigenvalue weighted by molar-refractivity contribution is 0.142. The van der Waals surface area contributed by atoms with Gasteiger partial charge in [-0.3, -0.25) is 4.90 Å². The molecule has 0 atom stereocenters. The summed E-state index contributed by atoms with van der Waals surface area (Å²) in [5.74, 6) is 0. The summed E-state index contributed by atoms with van der Waals surface area (Å²) in [6.07, 6.45) is 17.9. The summed E-state index contributed by atoms with van der Waals surface area (Å²) in [4.78, 5) is 17.0. The molecule has 1 saturated carbocycles. The Bertz CT molecular complexity index is 602. The van der Waals surface area contributed by atoms with E-state index in [4.69, 9.17) is 0 Å². The largest absolute Gasteiger partial charge is 0.335 e. The third-order valence-corrected chi connectivity index (χ3v) is 6.41.